The van der Waals surface area contributed by atoms with Crippen LogP contribution in [0.25, 0.3) is 0 Å². The van der Waals surface area contributed by atoms with Crippen molar-refractivity contribution in [2.45, 2.75) is 13.0 Å². The molecule has 2 heterocycles. The SMILES string of the molecule is CC(NCCOc1cccnc1)c1ccco1. The van der Waals surface area contributed by atoms with Gasteiger partial charge in [-0.3, -0.25) is 4.98 Å². The van der Waals surface area contributed by atoms with Crippen LogP contribution in [0.1, 0.15) is 18.7 Å². The minimum absolute atomic E-state index is 0.197. The van der Waals surface area contributed by atoms with Gasteiger partial charge in [0.25, 0.3) is 0 Å². The van der Waals surface area contributed by atoms with Gasteiger partial charge in [0.2, 0.25) is 0 Å². The Bertz CT molecular complexity index is 414. The minimum Gasteiger partial charge on any atom is -0.491 e. The summed E-state index contributed by atoms with van der Waals surface area (Å²) in [6, 6.07) is 7.79. The molecule has 0 spiro atoms. The van der Waals surface area contributed by atoms with Crippen LogP contribution < -0.4 is 10.1 Å². The maximum absolute atomic E-state index is 5.52. The van der Waals surface area contributed by atoms with E-state index < -0.39 is 0 Å². The Morgan fingerprint density at radius 1 is 1.41 bits per heavy atom. The first-order valence-corrected chi connectivity index (χ1v) is 5.66. The number of rotatable bonds is 6. The van der Waals surface area contributed by atoms with E-state index in [1.807, 2.05) is 24.3 Å². The van der Waals surface area contributed by atoms with Gasteiger partial charge in [-0.05, 0) is 31.2 Å². The maximum Gasteiger partial charge on any atom is 0.137 e. The molecule has 0 aliphatic carbocycles. The Morgan fingerprint density at radius 2 is 2.35 bits per heavy atom. The van der Waals surface area contributed by atoms with E-state index in [-0.39, 0.29) is 6.04 Å². The second-order valence-electron chi connectivity index (χ2n) is 3.73. The molecule has 1 unspecified atom stereocenters. The maximum atomic E-state index is 5.52. The van der Waals surface area contributed by atoms with Gasteiger partial charge in [0.15, 0.2) is 0 Å². The van der Waals surface area contributed by atoms with Gasteiger partial charge in [0, 0.05) is 12.7 Å². The lowest BCUT2D eigenvalue weighted by molar-refractivity contribution is 0.301. The summed E-state index contributed by atoms with van der Waals surface area (Å²) in [6.45, 7) is 3.43. The number of nitrogens with zero attached hydrogens (tertiary/aromatic N) is 1. The number of furan rings is 1. The van der Waals surface area contributed by atoms with Crippen LogP contribution in [0.5, 0.6) is 5.75 Å². The van der Waals surface area contributed by atoms with Crippen LogP contribution in [-0.4, -0.2) is 18.1 Å². The molecule has 0 bridgehead atoms. The van der Waals surface area contributed by atoms with E-state index in [0.717, 1.165) is 18.1 Å². The lowest BCUT2D eigenvalue weighted by Gasteiger charge is -2.11. The molecule has 0 aliphatic rings. The molecule has 0 saturated heterocycles. The smallest absolute Gasteiger partial charge is 0.137 e. The first-order valence-electron chi connectivity index (χ1n) is 5.66. The van der Waals surface area contributed by atoms with Crippen molar-refractivity contribution in [1.82, 2.24) is 10.3 Å². The number of hydrogen-bond acceptors (Lipinski definition) is 4. The summed E-state index contributed by atoms with van der Waals surface area (Å²) in [4.78, 5) is 3.98. The van der Waals surface area contributed by atoms with Crippen LogP contribution in [0.4, 0.5) is 0 Å². The number of hydrogen-bond donors (Lipinski definition) is 1. The van der Waals surface area contributed by atoms with Crippen LogP contribution >= 0.6 is 0 Å². The fraction of sp³-hybridized carbons (Fsp3) is 0.308. The van der Waals surface area contributed by atoms with Gasteiger partial charge >= 0.3 is 0 Å². The van der Waals surface area contributed by atoms with Gasteiger partial charge in [-0.15, -0.1) is 0 Å². The Kier molecular flexibility index (Phi) is 4.16. The van der Waals surface area contributed by atoms with E-state index in [4.69, 9.17) is 9.15 Å². The van der Waals surface area contributed by atoms with Crippen molar-refractivity contribution < 1.29 is 9.15 Å². The second kappa shape index (κ2) is 6.06. The highest BCUT2D eigenvalue weighted by Crippen LogP contribution is 2.11. The Labute approximate surface area is 101 Å². The molecular formula is C13H16N2O2. The van der Waals surface area contributed by atoms with E-state index in [1.54, 1.807) is 18.7 Å². The van der Waals surface area contributed by atoms with Crippen LogP contribution in [0.3, 0.4) is 0 Å². The number of pyridine rings is 1. The second-order valence-corrected chi connectivity index (χ2v) is 3.73. The van der Waals surface area contributed by atoms with Crippen molar-refractivity contribution >= 4 is 0 Å². The topological polar surface area (TPSA) is 47.3 Å². The number of aromatic nitrogens is 1. The van der Waals surface area contributed by atoms with Gasteiger partial charge in [-0.2, -0.15) is 0 Å². The van der Waals surface area contributed by atoms with Gasteiger partial charge in [0.05, 0.1) is 18.5 Å². The third-order valence-corrected chi connectivity index (χ3v) is 2.43. The van der Waals surface area contributed by atoms with Crippen molar-refractivity contribution in [3.63, 3.8) is 0 Å². The molecule has 4 nitrogen and oxygen atoms in total. The minimum atomic E-state index is 0.197. The van der Waals surface area contributed by atoms with E-state index in [2.05, 4.69) is 17.2 Å². The lowest BCUT2D eigenvalue weighted by Crippen LogP contribution is -2.24. The molecule has 2 aromatic heterocycles. The van der Waals surface area contributed by atoms with E-state index in [9.17, 15) is 0 Å². The van der Waals surface area contributed by atoms with Crippen molar-refractivity contribution in [2.75, 3.05) is 13.2 Å². The normalized spacial score (nSPS) is 12.3. The first-order chi connectivity index (χ1) is 8.36. The summed E-state index contributed by atoms with van der Waals surface area (Å²) in [5, 5.41) is 3.32. The van der Waals surface area contributed by atoms with Crippen LogP contribution in [0.2, 0.25) is 0 Å². The molecule has 2 rings (SSSR count). The predicted octanol–water partition coefficient (Wildman–Crippen LogP) is 2.40. The van der Waals surface area contributed by atoms with E-state index in [0.29, 0.717) is 6.61 Å². The zero-order valence-corrected chi connectivity index (χ0v) is 9.80. The Balaban J connectivity index is 1.67. The molecule has 1 atom stereocenters. The summed E-state index contributed by atoms with van der Waals surface area (Å²) in [7, 11) is 0. The zero-order valence-electron chi connectivity index (χ0n) is 9.80. The molecule has 0 aromatic carbocycles. The molecule has 4 heteroatoms. The third-order valence-electron chi connectivity index (χ3n) is 2.43. The number of ether oxygens (including phenoxy) is 1. The molecule has 90 valence electrons. The average Bonchev–Trinajstić information content (AvgIpc) is 2.89. The quantitative estimate of drug-likeness (QED) is 0.777. The van der Waals surface area contributed by atoms with Crippen molar-refractivity contribution in [1.29, 1.82) is 0 Å². The third kappa shape index (κ3) is 3.60. The first kappa shape index (κ1) is 11.7. The summed E-state index contributed by atoms with van der Waals surface area (Å²) in [5.41, 5.74) is 0. The van der Waals surface area contributed by atoms with E-state index >= 15 is 0 Å². The Morgan fingerprint density at radius 3 is 3.06 bits per heavy atom. The zero-order chi connectivity index (χ0) is 11.9. The molecule has 0 radical (unpaired) electrons. The predicted molar refractivity (Wildman–Crippen MR) is 64.9 cm³/mol. The summed E-state index contributed by atoms with van der Waals surface area (Å²) in [5.74, 6) is 1.73. The van der Waals surface area contributed by atoms with E-state index in [1.165, 1.54) is 0 Å². The molecule has 17 heavy (non-hydrogen) atoms. The van der Waals surface area contributed by atoms with Crippen molar-refractivity contribution in [2.24, 2.45) is 0 Å². The molecular weight excluding hydrogens is 216 g/mol. The Hall–Kier alpha value is -1.81. The van der Waals surface area contributed by atoms with Gasteiger partial charge < -0.3 is 14.5 Å². The largest absolute Gasteiger partial charge is 0.491 e. The highest BCUT2D eigenvalue weighted by Gasteiger charge is 2.06. The lowest BCUT2D eigenvalue weighted by atomic mass is 10.2. The van der Waals surface area contributed by atoms with Crippen LogP contribution in [0, 0.1) is 0 Å². The summed E-state index contributed by atoms with van der Waals surface area (Å²) in [6.07, 6.45) is 5.11. The van der Waals surface area contributed by atoms with Gasteiger partial charge in [0.1, 0.15) is 18.1 Å². The highest BCUT2D eigenvalue weighted by atomic mass is 16.5. The fourth-order valence-corrected chi connectivity index (χ4v) is 1.52. The molecule has 0 saturated carbocycles. The fourth-order valence-electron chi connectivity index (χ4n) is 1.52. The molecule has 0 fully saturated rings. The highest BCUT2D eigenvalue weighted by molar-refractivity contribution is 5.15. The van der Waals surface area contributed by atoms with Gasteiger partial charge in [-0.25, -0.2) is 0 Å². The molecule has 0 aliphatic heterocycles. The van der Waals surface area contributed by atoms with Crippen molar-refractivity contribution in [3.05, 3.63) is 48.7 Å². The number of nitrogens with one attached hydrogen (secondary N) is 1. The van der Waals surface area contributed by atoms with Gasteiger partial charge in [-0.1, -0.05) is 0 Å². The van der Waals surface area contributed by atoms with Crippen LogP contribution in [0.15, 0.2) is 47.3 Å². The van der Waals surface area contributed by atoms with Crippen LogP contribution in [-0.2, 0) is 0 Å². The van der Waals surface area contributed by atoms with Crippen molar-refractivity contribution in [3.8, 4) is 5.75 Å². The summed E-state index contributed by atoms with van der Waals surface area (Å²) < 4.78 is 10.8. The standard InChI is InChI=1S/C13H16N2O2/c1-11(13-5-3-8-17-13)15-7-9-16-12-4-2-6-14-10-12/h2-6,8,10-11,15H,7,9H2,1H3. The molecule has 0 amide bonds. The molecule has 2 aromatic rings. The average molecular weight is 232 g/mol. The summed E-state index contributed by atoms with van der Waals surface area (Å²) >= 11 is 0. The monoisotopic (exact) mass is 232 g/mol. The molecule has 1 N–H and O–H groups in total.